The van der Waals surface area contributed by atoms with Gasteiger partial charge in [-0.25, -0.2) is 4.79 Å². The predicted octanol–water partition coefficient (Wildman–Crippen LogP) is 2.09. The summed E-state index contributed by atoms with van der Waals surface area (Å²) in [5, 5.41) is 0. The van der Waals surface area contributed by atoms with E-state index in [2.05, 4.69) is 4.98 Å². The highest BCUT2D eigenvalue weighted by Crippen LogP contribution is 2.13. The third-order valence-electron chi connectivity index (χ3n) is 3.66. The lowest BCUT2D eigenvalue weighted by molar-refractivity contribution is -0.132. The fourth-order valence-electron chi connectivity index (χ4n) is 2.42. The highest BCUT2D eigenvalue weighted by atomic mass is 16.6. The summed E-state index contributed by atoms with van der Waals surface area (Å²) < 4.78 is 5.36. The monoisotopic (exact) mass is 319 g/mol. The molecule has 1 aliphatic heterocycles. The van der Waals surface area contributed by atoms with E-state index in [1.54, 1.807) is 17.3 Å². The Morgan fingerprint density at radius 2 is 1.65 bits per heavy atom. The standard InChI is InChI=1S/C17H25N3O3/c1-17(2,3)23-16(22)20-12-10-19(11-13-20)15(21)5-4-14-6-8-18-9-7-14/h6-9H,4-5,10-13H2,1-3H3. The molecule has 0 N–H and O–H groups in total. The Morgan fingerprint density at radius 3 is 2.22 bits per heavy atom. The van der Waals surface area contributed by atoms with Gasteiger partial charge in [-0.05, 0) is 44.9 Å². The third kappa shape index (κ3) is 5.54. The van der Waals surface area contributed by atoms with E-state index >= 15 is 0 Å². The molecular formula is C17H25N3O3. The average Bonchev–Trinajstić information content (AvgIpc) is 2.52. The molecule has 0 aromatic carbocycles. The van der Waals surface area contributed by atoms with Crippen LogP contribution in [-0.2, 0) is 16.0 Å². The van der Waals surface area contributed by atoms with Gasteiger partial charge < -0.3 is 14.5 Å². The second-order valence-electron chi connectivity index (χ2n) is 6.70. The first-order chi connectivity index (χ1) is 10.8. The van der Waals surface area contributed by atoms with Crippen molar-refractivity contribution in [2.24, 2.45) is 0 Å². The van der Waals surface area contributed by atoms with Gasteiger partial charge in [-0.2, -0.15) is 0 Å². The van der Waals surface area contributed by atoms with Crippen LogP contribution in [0.3, 0.4) is 0 Å². The van der Waals surface area contributed by atoms with Gasteiger partial charge in [-0.15, -0.1) is 0 Å². The first-order valence-electron chi connectivity index (χ1n) is 8.00. The molecule has 0 radical (unpaired) electrons. The number of aromatic nitrogens is 1. The number of ether oxygens (including phenoxy) is 1. The number of piperazine rings is 1. The summed E-state index contributed by atoms with van der Waals surface area (Å²) in [7, 11) is 0. The molecule has 1 saturated heterocycles. The molecule has 2 amide bonds. The summed E-state index contributed by atoms with van der Waals surface area (Å²) in [5.41, 5.74) is 0.620. The van der Waals surface area contributed by atoms with Gasteiger partial charge in [0.05, 0.1) is 0 Å². The molecule has 2 heterocycles. The summed E-state index contributed by atoms with van der Waals surface area (Å²) in [6, 6.07) is 3.85. The minimum atomic E-state index is -0.491. The first kappa shape index (κ1) is 17.2. The molecular weight excluding hydrogens is 294 g/mol. The van der Waals surface area contributed by atoms with Gasteiger partial charge in [0.2, 0.25) is 5.91 Å². The van der Waals surface area contributed by atoms with Crippen LogP contribution in [0.5, 0.6) is 0 Å². The van der Waals surface area contributed by atoms with Crippen LogP contribution in [0.4, 0.5) is 4.79 Å². The second-order valence-corrected chi connectivity index (χ2v) is 6.70. The average molecular weight is 319 g/mol. The first-order valence-corrected chi connectivity index (χ1v) is 8.00. The largest absolute Gasteiger partial charge is 0.444 e. The van der Waals surface area contributed by atoms with E-state index in [9.17, 15) is 9.59 Å². The number of nitrogens with zero attached hydrogens (tertiary/aromatic N) is 3. The molecule has 0 unspecified atom stereocenters. The summed E-state index contributed by atoms with van der Waals surface area (Å²) in [6.07, 6.45) is 4.37. The van der Waals surface area contributed by atoms with Crippen LogP contribution in [0, 0.1) is 0 Å². The number of carbonyl (C=O) groups excluding carboxylic acids is 2. The Hall–Kier alpha value is -2.11. The molecule has 0 saturated carbocycles. The predicted molar refractivity (Wildman–Crippen MR) is 86.9 cm³/mol. The van der Waals surface area contributed by atoms with E-state index in [1.165, 1.54) is 0 Å². The highest BCUT2D eigenvalue weighted by molar-refractivity contribution is 5.77. The molecule has 6 heteroatoms. The maximum absolute atomic E-state index is 12.3. The molecule has 6 nitrogen and oxygen atoms in total. The zero-order valence-electron chi connectivity index (χ0n) is 14.1. The zero-order chi connectivity index (χ0) is 16.9. The Morgan fingerprint density at radius 1 is 1.09 bits per heavy atom. The van der Waals surface area contributed by atoms with Crippen molar-refractivity contribution < 1.29 is 14.3 Å². The zero-order valence-corrected chi connectivity index (χ0v) is 14.1. The smallest absolute Gasteiger partial charge is 0.410 e. The normalized spacial score (nSPS) is 15.4. The number of hydrogen-bond donors (Lipinski definition) is 0. The van der Waals surface area contributed by atoms with Gasteiger partial charge in [-0.3, -0.25) is 9.78 Å². The molecule has 1 aromatic heterocycles. The lowest BCUT2D eigenvalue weighted by Gasteiger charge is -2.35. The number of amides is 2. The van der Waals surface area contributed by atoms with Crippen molar-refractivity contribution in [2.75, 3.05) is 26.2 Å². The molecule has 0 spiro atoms. The Bertz CT molecular complexity index is 532. The van der Waals surface area contributed by atoms with Gasteiger partial charge in [0, 0.05) is 45.0 Å². The third-order valence-corrected chi connectivity index (χ3v) is 3.66. The highest BCUT2D eigenvalue weighted by Gasteiger charge is 2.27. The summed E-state index contributed by atoms with van der Waals surface area (Å²) >= 11 is 0. The van der Waals surface area contributed by atoms with E-state index < -0.39 is 5.60 Å². The molecule has 0 atom stereocenters. The lowest BCUT2D eigenvalue weighted by Crippen LogP contribution is -2.51. The molecule has 1 aliphatic rings. The minimum absolute atomic E-state index is 0.130. The summed E-state index contributed by atoms with van der Waals surface area (Å²) in [6.45, 7) is 7.73. The molecule has 0 aliphatic carbocycles. The fraction of sp³-hybridized carbons (Fsp3) is 0.588. The maximum Gasteiger partial charge on any atom is 0.410 e. The van der Waals surface area contributed by atoms with Gasteiger partial charge >= 0.3 is 6.09 Å². The van der Waals surface area contributed by atoms with Crippen molar-refractivity contribution in [3.63, 3.8) is 0 Å². The number of pyridine rings is 1. The molecule has 23 heavy (non-hydrogen) atoms. The number of aryl methyl sites for hydroxylation is 1. The molecule has 2 rings (SSSR count). The van der Waals surface area contributed by atoms with Gasteiger partial charge in [-0.1, -0.05) is 0 Å². The van der Waals surface area contributed by atoms with Crippen molar-refractivity contribution in [3.8, 4) is 0 Å². The second kappa shape index (κ2) is 7.44. The summed E-state index contributed by atoms with van der Waals surface area (Å²) in [5.74, 6) is 0.130. The maximum atomic E-state index is 12.3. The lowest BCUT2D eigenvalue weighted by atomic mass is 10.1. The number of carbonyl (C=O) groups is 2. The molecule has 126 valence electrons. The van der Waals surface area contributed by atoms with Crippen LogP contribution >= 0.6 is 0 Å². The molecule has 0 bridgehead atoms. The Kier molecular flexibility index (Phi) is 5.58. The summed E-state index contributed by atoms with van der Waals surface area (Å²) in [4.78, 5) is 31.7. The Labute approximate surface area is 137 Å². The van der Waals surface area contributed by atoms with Gasteiger partial charge in [0.15, 0.2) is 0 Å². The van der Waals surface area contributed by atoms with Crippen molar-refractivity contribution >= 4 is 12.0 Å². The van der Waals surface area contributed by atoms with Gasteiger partial charge in [0.25, 0.3) is 0 Å². The fourth-order valence-corrected chi connectivity index (χ4v) is 2.42. The minimum Gasteiger partial charge on any atom is -0.444 e. The van der Waals surface area contributed by atoms with E-state index in [4.69, 9.17) is 4.74 Å². The number of hydrogen-bond acceptors (Lipinski definition) is 4. The number of rotatable bonds is 3. The van der Waals surface area contributed by atoms with Crippen molar-refractivity contribution in [2.45, 2.75) is 39.2 Å². The van der Waals surface area contributed by atoms with Crippen LogP contribution in [0.25, 0.3) is 0 Å². The molecule has 1 fully saturated rings. The van der Waals surface area contributed by atoms with Gasteiger partial charge in [0.1, 0.15) is 5.60 Å². The van der Waals surface area contributed by atoms with Crippen molar-refractivity contribution in [1.29, 1.82) is 0 Å². The van der Waals surface area contributed by atoms with Crippen LogP contribution in [-0.4, -0.2) is 58.6 Å². The van der Waals surface area contributed by atoms with Crippen LogP contribution in [0.1, 0.15) is 32.8 Å². The van der Waals surface area contributed by atoms with Crippen LogP contribution in [0.15, 0.2) is 24.5 Å². The van der Waals surface area contributed by atoms with E-state index in [0.29, 0.717) is 39.0 Å². The Balaban J connectivity index is 1.75. The van der Waals surface area contributed by atoms with Crippen molar-refractivity contribution in [1.82, 2.24) is 14.8 Å². The topological polar surface area (TPSA) is 62.7 Å². The quantitative estimate of drug-likeness (QED) is 0.856. The van der Waals surface area contributed by atoms with Crippen LogP contribution in [0.2, 0.25) is 0 Å². The van der Waals surface area contributed by atoms with E-state index in [0.717, 1.165) is 5.56 Å². The SMILES string of the molecule is CC(C)(C)OC(=O)N1CCN(C(=O)CCc2ccncc2)CC1. The van der Waals surface area contributed by atoms with E-state index in [-0.39, 0.29) is 12.0 Å². The van der Waals surface area contributed by atoms with E-state index in [1.807, 2.05) is 37.8 Å². The van der Waals surface area contributed by atoms with Crippen molar-refractivity contribution in [3.05, 3.63) is 30.1 Å². The van der Waals surface area contributed by atoms with Crippen LogP contribution < -0.4 is 0 Å². The molecule has 1 aromatic rings.